The lowest BCUT2D eigenvalue weighted by atomic mass is 10.0. The second kappa shape index (κ2) is 7.94. The van der Waals surface area contributed by atoms with E-state index in [1.54, 1.807) is 17.9 Å². The molecule has 0 saturated carbocycles. The fourth-order valence-corrected chi connectivity index (χ4v) is 3.27. The molecule has 2 unspecified atom stereocenters. The zero-order valence-corrected chi connectivity index (χ0v) is 14.7. The number of piperidine rings is 1. The Bertz CT molecular complexity index is 680. The predicted octanol–water partition coefficient (Wildman–Crippen LogP) is 1.52. The van der Waals surface area contributed by atoms with Gasteiger partial charge < -0.3 is 9.64 Å². The summed E-state index contributed by atoms with van der Waals surface area (Å²) in [6.45, 7) is 2.37. The number of hydrogen-bond donors (Lipinski definition) is 1. The highest BCUT2D eigenvalue weighted by Crippen LogP contribution is 2.20. The van der Waals surface area contributed by atoms with E-state index in [1.807, 2.05) is 0 Å². The van der Waals surface area contributed by atoms with Crippen molar-refractivity contribution in [2.45, 2.75) is 38.3 Å². The van der Waals surface area contributed by atoms with Crippen molar-refractivity contribution in [3.63, 3.8) is 0 Å². The summed E-state index contributed by atoms with van der Waals surface area (Å²) in [6.07, 6.45) is 2.87. The average molecular weight is 358 g/mol. The number of rotatable bonds is 6. The molecule has 1 amide bonds. The third kappa shape index (κ3) is 5.45. The van der Waals surface area contributed by atoms with Crippen LogP contribution in [0.15, 0.2) is 24.3 Å². The number of carbonyl (C=O) groups excluding carboxylic acids is 1. The van der Waals surface area contributed by atoms with E-state index in [0.29, 0.717) is 12.3 Å². The minimum atomic E-state index is -3.31. The molecule has 0 aliphatic carbocycles. The van der Waals surface area contributed by atoms with Crippen LogP contribution in [0.25, 0.3) is 0 Å². The van der Waals surface area contributed by atoms with Gasteiger partial charge in [-0.25, -0.2) is 17.5 Å². The molecule has 0 spiro atoms. The highest BCUT2D eigenvalue weighted by atomic mass is 32.2. The zero-order chi connectivity index (χ0) is 17.7. The van der Waals surface area contributed by atoms with E-state index >= 15 is 0 Å². The summed E-state index contributed by atoms with van der Waals surface area (Å²) >= 11 is 0. The number of nitrogens with one attached hydrogen (secondary N) is 1. The Kier molecular flexibility index (Phi) is 6.17. The van der Waals surface area contributed by atoms with Crippen LogP contribution in [0.2, 0.25) is 0 Å². The molecule has 6 nitrogen and oxygen atoms in total. The van der Waals surface area contributed by atoms with Crippen LogP contribution in [0.5, 0.6) is 5.75 Å². The van der Waals surface area contributed by atoms with Gasteiger partial charge in [-0.3, -0.25) is 4.79 Å². The monoisotopic (exact) mass is 358 g/mol. The van der Waals surface area contributed by atoms with Crippen LogP contribution in [0.1, 0.15) is 26.2 Å². The molecule has 1 heterocycles. The second-order valence-electron chi connectivity index (χ2n) is 6.02. The maximum Gasteiger partial charge on any atom is 0.263 e. The van der Waals surface area contributed by atoms with Gasteiger partial charge in [0.25, 0.3) is 5.91 Å². The van der Waals surface area contributed by atoms with Gasteiger partial charge in [0, 0.05) is 25.2 Å². The molecule has 0 radical (unpaired) electrons. The molecule has 1 saturated heterocycles. The highest BCUT2D eigenvalue weighted by molar-refractivity contribution is 7.88. The third-order valence-corrected chi connectivity index (χ3v) is 4.64. The lowest BCUT2D eigenvalue weighted by Crippen LogP contribution is -2.52. The maximum atomic E-state index is 13.2. The summed E-state index contributed by atoms with van der Waals surface area (Å²) in [5.74, 6) is -0.363. The van der Waals surface area contributed by atoms with Crippen LogP contribution in [0.4, 0.5) is 4.39 Å². The molecule has 1 aliphatic heterocycles. The summed E-state index contributed by atoms with van der Waals surface area (Å²) in [5, 5.41) is 0. The number of likely N-dealkylation sites (tertiary alicyclic amines) is 1. The van der Waals surface area contributed by atoms with Crippen molar-refractivity contribution >= 4 is 15.9 Å². The SMILES string of the molecule is CC(Oc1cccc(F)c1)C(=O)N1CCCCC1CNS(C)(=O)=O. The predicted molar refractivity (Wildman–Crippen MR) is 88.7 cm³/mol. The fraction of sp³-hybridized carbons (Fsp3) is 0.562. The summed E-state index contributed by atoms with van der Waals surface area (Å²) in [5.41, 5.74) is 0. The van der Waals surface area contributed by atoms with Gasteiger partial charge in [0.05, 0.1) is 6.26 Å². The summed E-state index contributed by atoms with van der Waals surface area (Å²) < 4.78 is 43.8. The van der Waals surface area contributed by atoms with E-state index in [0.717, 1.165) is 25.5 Å². The molecule has 8 heteroatoms. The van der Waals surface area contributed by atoms with Crippen molar-refractivity contribution in [1.29, 1.82) is 0 Å². The first kappa shape index (κ1) is 18.7. The topological polar surface area (TPSA) is 75.7 Å². The van der Waals surface area contributed by atoms with Crippen LogP contribution in [-0.2, 0) is 14.8 Å². The standard InChI is InChI=1S/C16H23FN2O4S/c1-12(23-15-8-5-6-13(17)10-15)16(20)19-9-4-3-7-14(19)11-18-24(2,21)22/h5-6,8,10,12,14,18H,3-4,7,9,11H2,1-2H3. The van der Waals surface area contributed by atoms with Gasteiger partial charge >= 0.3 is 0 Å². The average Bonchev–Trinajstić information content (AvgIpc) is 2.52. The normalized spacial score (nSPS) is 19.8. The molecular formula is C16H23FN2O4S. The summed E-state index contributed by atoms with van der Waals surface area (Å²) in [6, 6.07) is 5.44. The largest absolute Gasteiger partial charge is 0.481 e. The van der Waals surface area contributed by atoms with Crippen LogP contribution >= 0.6 is 0 Å². The molecule has 2 rings (SSSR count). The molecule has 24 heavy (non-hydrogen) atoms. The molecule has 1 aromatic rings. The first-order valence-corrected chi connectivity index (χ1v) is 9.83. The molecule has 1 N–H and O–H groups in total. The van der Waals surface area contributed by atoms with E-state index in [2.05, 4.69) is 4.72 Å². The first-order valence-electron chi connectivity index (χ1n) is 7.93. The van der Waals surface area contributed by atoms with Gasteiger partial charge in [-0.1, -0.05) is 6.07 Å². The Morgan fingerprint density at radius 2 is 2.21 bits per heavy atom. The van der Waals surface area contributed by atoms with E-state index in [9.17, 15) is 17.6 Å². The molecule has 0 bridgehead atoms. The van der Waals surface area contributed by atoms with E-state index in [-0.39, 0.29) is 18.5 Å². The molecule has 134 valence electrons. The number of hydrogen-bond acceptors (Lipinski definition) is 4. The van der Waals surface area contributed by atoms with Gasteiger partial charge in [-0.2, -0.15) is 0 Å². The number of carbonyl (C=O) groups is 1. The molecule has 1 aliphatic rings. The number of benzene rings is 1. The second-order valence-corrected chi connectivity index (χ2v) is 7.85. The summed E-state index contributed by atoms with van der Waals surface area (Å²) in [4.78, 5) is 14.3. The smallest absolute Gasteiger partial charge is 0.263 e. The Morgan fingerprint density at radius 3 is 2.88 bits per heavy atom. The van der Waals surface area contributed by atoms with E-state index < -0.39 is 21.9 Å². The number of halogens is 1. The first-order chi connectivity index (χ1) is 11.3. The van der Waals surface area contributed by atoms with Crippen molar-refractivity contribution in [1.82, 2.24) is 9.62 Å². The Morgan fingerprint density at radius 1 is 1.46 bits per heavy atom. The highest BCUT2D eigenvalue weighted by Gasteiger charge is 2.31. The number of amides is 1. The van der Waals surface area contributed by atoms with Gasteiger partial charge in [0.2, 0.25) is 10.0 Å². The molecule has 0 aromatic heterocycles. The molecule has 1 fully saturated rings. The molecule has 2 atom stereocenters. The Hall–Kier alpha value is -1.67. The Labute approximate surface area is 142 Å². The van der Waals surface area contributed by atoms with Crippen molar-refractivity contribution < 1.29 is 22.3 Å². The van der Waals surface area contributed by atoms with Gasteiger partial charge in [-0.05, 0) is 38.3 Å². The lowest BCUT2D eigenvalue weighted by molar-refractivity contribution is -0.141. The fourth-order valence-electron chi connectivity index (χ4n) is 2.78. The van der Waals surface area contributed by atoms with Crippen molar-refractivity contribution in [2.75, 3.05) is 19.3 Å². The van der Waals surface area contributed by atoms with E-state index in [4.69, 9.17) is 4.74 Å². The van der Waals surface area contributed by atoms with Gasteiger partial charge in [-0.15, -0.1) is 0 Å². The van der Waals surface area contributed by atoms with Crippen LogP contribution in [-0.4, -0.2) is 50.7 Å². The van der Waals surface area contributed by atoms with Crippen LogP contribution in [0, 0.1) is 5.82 Å². The van der Waals surface area contributed by atoms with Crippen LogP contribution < -0.4 is 9.46 Å². The van der Waals surface area contributed by atoms with Gasteiger partial charge in [0.1, 0.15) is 11.6 Å². The molecular weight excluding hydrogens is 335 g/mol. The number of ether oxygens (including phenoxy) is 1. The van der Waals surface area contributed by atoms with Crippen molar-refractivity contribution in [3.8, 4) is 5.75 Å². The lowest BCUT2D eigenvalue weighted by Gasteiger charge is -2.37. The number of sulfonamides is 1. The zero-order valence-electron chi connectivity index (χ0n) is 13.9. The quantitative estimate of drug-likeness (QED) is 0.837. The van der Waals surface area contributed by atoms with Crippen molar-refractivity contribution in [2.24, 2.45) is 0 Å². The van der Waals surface area contributed by atoms with E-state index in [1.165, 1.54) is 18.2 Å². The maximum absolute atomic E-state index is 13.2. The number of nitrogens with zero attached hydrogens (tertiary/aromatic N) is 1. The third-order valence-electron chi connectivity index (χ3n) is 3.95. The van der Waals surface area contributed by atoms with Gasteiger partial charge in [0.15, 0.2) is 6.10 Å². The minimum absolute atomic E-state index is 0.192. The van der Waals surface area contributed by atoms with Crippen LogP contribution in [0.3, 0.4) is 0 Å². The summed E-state index contributed by atoms with van der Waals surface area (Å²) in [7, 11) is -3.31. The Balaban J connectivity index is 2.01. The molecule has 1 aromatic carbocycles. The van der Waals surface area contributed by atoms with Crippen molar-refractivity contribution in [3.05, 3.63) is 30.1 Å². The minimum Gasteiger partial charge on any atom is -0.481 e.